The highest BCUT2D eigenvalue weighted by molar-refractivity contribution is 9.10. The number of nitrogen functional groups attached to an aromatic ring is 1. The Kier molecular flexibility index (Phi) is 4.49. The molecular formula is C12H11BrN4O3. The Balaban J connectivity index is 2.16. The summed E-state index contributed by atoms with van der Waals surface area (Å²) in [4.78, 5) is 14.3. The molecule has 0 bridgehead atoms. The Morgan fingerprint density at radius 1 is 1.45 bits per heavy atom. The van der Waals surface area contributed by atoms with Gasteiger partial charge in [-0.15, -0.1) is 0 Å². The van der Waals surface area contributed by atoms with E-state index in [-0.39, 0.29) is 12.3 Å². The van der Waals surface area contributed by atoms with E-state index >= 15 is 0 Å². The maximum absolute atomic E-state index is 10.8. The Hall–Kier alpha value is -2.19. The molecule has 20 heavy (non-hydrogen) atoms. The predicted octanol–water partition coefficient (Wildman–Crippen LogP) is 2.62. The smallest absolute Gasteiger partial charge is 0.274 e. The first kappa shape index (κ1) is 14.2. The minimum absolute atomic E-state index is 0.0438. The van der Waals surface area contributed by atoms with Crippen LogP contribution in [0.15, 0.2) is 41.0 Å². The fourth-order valence-corrected chi connectivity index (χ4v) is 2.04. The van der Waals surface area contributed by atoms with Crippen LogP contribution in [0.3, 0.4) is 0 Å². The van der Waals surface area contributed by atoms with Gasteiger partial charge in [0.05, 0.1) is 11.0 Å². The second-order valence-corrected chi connectivity index (χ2v) is 4.76. The predicted molar refractivity (Wildman–Crippen MR) is 77.2 cm³/mol. The number of nitrogens with one attached hydrogen (secondary N) is 1. The molecule has 0 atom stereocenters. The topological polar surface area (TPSA) is 103 Å². The summed E-state index contributed by atoms with van der Waals surface area (Å²) in [6, 6.07) is 7.97. The van der Waals surface area contributed by atoms with E-state index in [0.717, 1.165) is 5.56 Å². The molecule has 1 aromatic heterocycles. The molecule has 0 fully saturated rings. The number of pyridine rings is 1. The van der Waals surface area contributed by atoms with Crippen LogP contribution in [0.2, 0.25) is 0 Å². The first-order chi connectivity index (χ1) is 9.60. The van der Waals surface area contributed by atoms with E-state index in [0.29, 0.717) is 16.0 Å². The molecule has 3 N–H and O–H groups in total. The number of ether oxygens (including phenoxy) is 1. The van der Waals surface area contributed by atoms with Crippen LogP contribution < -0.4 is 16.0 Å². The summed E-state index contributed by atoms with van der Waals surface area (Å²) in [6.07, 6.45) is 1.60. The van der Waals surface area contributed by atoms with Crippen molar-refractivity contribution in [2.24, 2.45) is 5.84 Å². The zero-order valence-corrected chi connectivity index (χ0v) is 11.8. The Morgan fingerprint density at radius 3 is 2.95 bits per heavy atom. The molecule has 0 saturated carbocycles. The van der Waals surface area contributed by atoms with Crippen molar-refractivity contribution in [3.8, 4) is 5.75 Å². The van der Waals surface area contributed by atoms with Crippen LogP contribution in [0.1, 0.15) is 5.56 Å². The molecule has 0 radical (unpaired) electrons. The van der Waals surface area contributed by atoms with Crippen LogP contribution in [-0.2, 0) is 6.61 Å². The summed E-state index contributed by atoms with van der Waals surface area (Å²) in [5.74, 6) is 6.23. The molecule has 0 saturated heterocycles. The van der Waals surface area contributed by atoms with Crippen molar-refractivity contribution >= 4 is 27.4 Å². The maximum Gasteiger partial charge on any atom is 0.274 e. The van der Waals surface area contributed by atoms with E-state index in [2.05, 4.69) is 26.3 Å². The van der Waals surface area contributed by atoms with Gasteiger partial charge in [-0.05, 0) is 12.1 Å². The molecule has 0 aliphatic carbocycles. The Labute approximate surface area is 123 Å². The van der Waals surface area contributed by atoms with Gasteiger partial charge in [-0.3, -0.25) is 10.1 Å². The fraction of sp³-hybridized carbons (Fsp3) is 0.0833. The Morgan fingerprint density at radius 2 is 2.25 bits per heavy atom. The number of nitro benzene ring substituents is 1. The molecule has 0 spiro atoms. The number of aromatic nitrogens is 1. The Bertz CT molecular complexity index is 636. The lowest BCUT2D eigenvalue weighted by atomic mass is 10.2. The molecule has 0 amide bonds. The van der Waals surface area contributed by atoms with Gasteiger partial charge in [0.2, 0.25) is 0 Å². The average Bonchev–Trinajstić information content (AvgIpc) is 2.44. The number of nitro groups is 1. The van der Waals surface area contributed by atoms with Crippen molar-refractivity contribution in [2.75, 3.05) is 5.43 Å². The minimum atomic E-state index is -0.478. The second-order valence-electron chi connectivity index (χ2n) is 3.85. The highest BCUT2D eigenvalue weighted by atomic mass is 79.9. The van der Waals surface area contributed by atoms with Gasteiger partial charge < -0.3 is 10.2 Å². The van der Waals surface area contributed by atoms with Gasteiger partial charge in [0.1, 0.15) is 18.2 Å². The van der Waals surface area contributed by atoms with Gasteiger partial charge in [-0.25, -0.2) is 10.8 Å². The summed E-state index contributed by atoms with van der Waals surface area (Å²) in [7, 11) is 0. The SMILES string of the molecule is NNc1ncccc1COc1cc(Br)cc([N+](=O)[O-])c1. The van der Waals surface area contributed by atoms with E-state index in [1.165, 1.54) is 12.1 Å². The molecule has 0 aliphatic rings. The first-order valence-corrected chi connectivity index (χ1v) is 6.37. The molecule has 0 unspecified atom stereocenters. The van der Waals surface area contributed by atoms with Crippen molar-refractivity contribution in [1.82, 2.24) is 4.98 Å². The highest BCUT2D eigenvalue weighted by Gasteiger charge is 2.10. The van der Waals surface area contributed by atoms with E-state index < -0.39 is 4.92 Å². The molecule has 0 aliphatic heterocycles. The second kappa shape index (κ2) is 6.31. The molecule has 7 nitrogen and oxygen atoms in total. The van der Waals surface area contributed by atoms with Gasteiger partial charge in [-0.2, -0.15) is 0 Å². The van der Waals surface area contributed by atoms with Crippen LogP contribution in [0.4, 0.5) is 11.5 Å². The highest BCUT2D eigenvalue weighted by Crippen LogP contribution is 2.27. The largest absolute Gasteiger partial charge is 0.488 e. The van der Waals surface area contributed by atoms with E-state index in [4.69, 9.17) is 10.6 Å². The number of benzene rings is 1. The van der Waals surface area contributed by atoms with E-state index in [1.54, 1.807) is 24.4 Å². The van der Waals surface area contributed by atoms with Gasteiger partial charge >= 0.3 is 0 Å². The molecule has 104 valence electrons. The van der Waals surface area contributed by atoms with Crippen molar-refractivity contribution in [2.45, 2.75) is 6.61 Å². The van der Waals surface area contributed by atoms with E-state index in [9.17, 15) is 10.1 Å². The van der Waals surface area contributed by atoms with E-state index in [1.807, 2.05) is 0 Å². The minimum Gasteiger partial charge on any atom is -0.488 e. The van der Waals surface area contributed by atoms with Crippen LogP contribution in [0, 0.1) is 10.1 Å². The first-order valence-electron chi connectivity index (χ1n) is 5.58. The summed E-state index contributed by atoms with van der Waals surface area (Å²) < 4.78 is 6.11. The molecule has 2 rings (SSSR count). The number of non-ortho nitro benzene ring substituents is 1. The number of anilines is 1. The number of hydrogen-bond donors (Lipinski definition) is 2. The monoisotopic (exact) mass is 338 g/mol. The summed E-state index contributed by atoms with van der Waals surface area (Å²) in [5.41, 5.74) is 3.17. The summed E-state index contributed by atoms with van der Waals surface area (Å²) in [6.45, 7) is 0.195. The van der Waals surface area contributed by atoms with Crippen LogP contribution in [0.5, 0.6) is 5.75 Å². The third-order valence-corrected chi connectivity index (χ3v) is 2.95. The summed E-state index contributed by atoms with van der Waals surface area (Å²) >= 11 is 3.21. The molecule has 8 heteroatoms. The number of hydrazine groups is 1. The maximum atomic E-state index is 10.8. The lowest BCUT2D eigenvalue weighted by Crippen LogP contribution is -2.12. The van der Waals surface area contributed by atoms with Crippen LogP contribution in [-0.4, -0.2) is 9.91 Å². The van der Waals surface area contributed by atoms with Crippen LogP contribution in [0.25, 0.3) is 0 Å². The molecule has 2 aromatic rings. The molecule has 1 heterocycles. The average molecular weight is 339 g/mol. The lowest BCUT2D eigenvalue weighted by molar-refractivity contribution is -0.385. The third kappa shape index (κ3) is 3.43. The number of rotatable bonds is 5. The normalized spacial score (nSPS) is 10.1. The third-order valence-electron chi connectivity index (χ3n) is 2.49. The number of nitrogens with two attached hydrogens (primary N) is 1. The summed E-state index contributed by atoms with van der Waals surface area (Å²) in [5, 5.41) is 10.8. The van der Waals surface area contributed by atoms with Crippen molar-refractivity contribution in [1.29, 1.82) is 0 Å². The van der Waals surface area contributed by atoms with Gasteiger partial charge in [0.25, 0.3) is 5.69 Å². The fourth-order valence-electron chi connectivity index (χ4n) is 1.58. The standard InChI is InChI=1S/C12H11BrN4O3/c13-9-4-10(17(18)19)6-11(5-9)20-7-8-2-1-3-15-12(8)16-14/h1-6H,7,14H2,(H,15,16). The van der Waals surface area contributed by atoms with Crippen molar-refractivity contribution in [3.63, 3.8) is 0 Å². The van der Waals surface area contributed by atoms with Crippen LogP contribution >= 0.6 is 15.9 Å². The zero-order chi connectivity index (χ0) is 14.5. The quantitative estimate of drug-likeness (QED) is 0.493. The molecule has 1 aromatic carbocycles. The number of halogens is 1. The zero-order valence-electron chi connectivity index (χ0n) is 10.2. The van der Waals surface area contributed by atoms with Gasteiger partial charge in [0, 0.05) is 22.3 Å². The number of nitrogens with zero attached hydrogens (tertiary/aromatic N) is 2. The van der Waals surface area contributed by atoms with Gasteiger partial charge in [0.15, 0.2) is 0 Å². The van der Waals surface area contributed by atoms with Crippen molar-refractivity contribution in [3.05, 3.63) is 56.7 Å². The number of hydrogen-bond acceptors (Lipinski definition) is 6. The van der Waals surface area contributed by atoms with Gasteiger partial charge in [-0.1, -0.05) is 22.0 Å². The van der Waals surface area contributed by atoms with Crippen molar-refractivity contribution < 1.29 is 9.66 Å². The lowest BCUT2D eigenvalue weighted by Gasteiger charge is -2.09. The molecular weight excluding hydrogens is 328 g/mol.